The van der Waals surface area contributed by atoms with Crippen molar-refractivity contribution in [3.8, 4) is 0 Å². The summed E-state index contributed by atoms with van der Waals surface area (Å²) < 4.78 is 0. The Labute approximate surface area is 127 Å². The van der Waals surface area contributed by atoms with E-state index in [-0.39, 0.29) is 0 Å². The molecule has 1 saturated carbocycles. The Hall–Kier alpha value is -0.0800. The molecule has 0 aromatic carbocycles. The molecule has 0 aliphatic heterocycles. The van der Waals surface area contributed by atoms with Gasteiger partial charge in [0.1, 0.15) is 0 Å². The molecule has 1 aliphatic carbocycles. The zero-order chi connectivity index (χ0) is 15.2. The molecular weight excluding hydrogens is 244 g/mol. The van der Waals surface area contributed by atoms with Gasteiger partial charge in [-0.25, -0.2) is 0 Å². The van der Waals surface area contributed by atoms with Crippen LogP contribution in [0, 0.1) is 17.3 Å². The fourth-order valence-corrected chi connectivity index (χ4v) is 3.50. The number of nitrogens with one attached hydrogen (secondary N) is 1. The summed E-state index contributed by atoms with van der Waals surface area (Å²) in [5.41, 5.74) is 0.519. The van der Waals surface area contributed by atoms with Crippen molar-refractivity contribution in [1.82, 2.24) is 10.2 Å². The SMILES string of the molecule is CC(C)CNCC1(CN(C)C(C)C(C)C)CCCCC1. The number of hydrogen-bond donors (Lipinski definition) is 1. The van der Waals surface area contributed by atoms with Gasteiger partial charge in [0.15, 0.2) is 0 Å². The van der Waals surface area contributed by atoms with Gasteiger partial charge in [0, 0.05) is 19.1 Å². The minimum Gasteiger partial charge on any atom is -0.316 e. The fourth-order valence-electron chi connectivity index (χ4n) is 3.50. The van der Waals surface area contributed by atoms with E-state index >= 15 is 0 Å². The number of hydrogen-bond acceptors (Lipinski definition) is 2. The van der Waals surface area contributed by atoms with Crippen molar-refractivity contribution in [1.29, 1.82) is 0 Å². The van der Waals surface area contributed by atoms with E-state index in [0.717, 1.165) is 18.4 Å². The summed E-state index contributed by atoms with van der Waals surface area (Å²) in [6.45, 7) is 15.3. The molecular formula is C18H38N2. The van der Waals surface area contributed by atoms with E-state index in [4.69, 9.17) is 0 Å². The van der Waals surface area contributed by atoms with Gasteiger partial charge in [-0.3, -0.25) is 0 Å². The highest BCUT2D eigenvalue weighted by Gasteiger charge is 2.34. The van der Waals surface area contributed by atoms with E-state index in [0.29, 0.717) is 11.5 Å². The van der Waals surface area contributed by atoms with Crippen LogP contribution in [-0.2, 0) is 0 Å². The third-order valence-electron chi connectivity index (χ3n) is 5.21. The van der Waals surface area contributed by atoms with Crippen LogP contribution in [0.5, 0.6) is 0 Å². The second kappa shape index (κ2) is 8.38. The Morgan fingerprint density at radius 1 is 1.00 bits per heavy atom. The molecule has 2 nitrogen and oxygen atoms in total. The zero-order valence-electron chi connectivity index (χ0n) is 14.8. The normalized spacial score (nSPS) is 20.9. The van der Waals surface area contributed by atoms with Crippen LogP contribution >= 0.6 is 0 Å². The molecule has 20 heavy (non-hydrogen) atoms. The molecule has 1 atom stereocenters. The van der Waals surface area contributed by atoms with Gasteiger partial charge < -0.3 is 10.2 Å². The van der Waals surface area contributed by atoms with Crippen LogP contribution in [-0.4, -0.2) is 37.6 Å². The summed E-state index contributed by atoms with van der Waals surface area (Å²) in [5.74, 6) is 1.49. The Bertz CT molecular complexity index is 254. The maximum absolute atomic E-state index is 3.74. The van der Waals surface area contributed by atoms with Crippen molar-refractivity contribution in [2.75, 3.05) is 26.7 Å². The summed E-state index contributed by atoms with van der Waals surface area (Å²) in [4.78, 5) is 2.60. The maximum atomic E-state index is 3.74. The summed E-state index contributed by atoms with van der Waals surface area (Å²) >= 11 is 0. The van der Waals surface area contributed by atoms with E-state index in [9.17, 15) is 0 Å². The number of rotatable bonds is 8. The van der Waals surface area contributed by atoms with E-state index in [1.165, 1.54) is 45.2 Å². The van der Waals surface area contributed by atoms with E-state index in [1.807, 2.05) is 0 Å². The van der Waals surface area contributed by atoms with Crippen LogP contribution in [0.4, 0.5) is 0 Å². The minimum atomic E-state index is 0.519. The maximum Gasteiger partial charge on any atom is 0.00871 e. The van der Waals surface area contributed by atoms with Gasteiger partial charge in [-0.15, -0.1) is 0 Å². The molecule has 120 valence electrons. The lowest BCUT2D eigenvalue weighted by atomic mass is 9.73. The van der Waals surface area contributed by atoms with Crippen LogP contribution in [0.25, 0.3) is 0 Å². The van der Waals surface area contributed by atoms with Gasteiger partial charge in [0.2, 0.25) is 0 Å². The lowest BCUT2D eigenvalue weighted by Gasteiger charge is -2.43. The molecule has 0 aromatic heterocycles. The third kappa shape index (κ3) is 5.73. The highest BCUT2D eigenvalue weighted by molar-refractivity contribution is 4.88. The first-order valence-corrected chi connectivity index (χ1v) is 8.77. The molecule has 1 aliphatic rings. The molecule has 1 unspecified atom stereocenters. The lowest BCUT2D eigenvalue weighted by molar-refractivity contribution is 0.0832. The van der Waals surface area contributed by atoms with Crippen molar-refractivity contribution in [3.05, 3.63) is 0 Å². The Kier molecular flexibility index (Phi) is 7.53. The standard InChI is InChI=1S/C18H38N2/c1-15(2)12-19-13-18(10-8-7-9-11-18)14-20(6)17(5)16(3)4/h15-17,19H,7-14H2,1-6H3. The van der Waals surface area contributed by atoms with Gasteiger partial charge >= 0.3 is 0 Å². The molecule has 2 heteroatoms. The van der Waals surface area contributed by atoms with Gasteiger partial charge in [-0.05, 0) is 50.6 Å². The highest BCUT2D eigenvalue weighted by Crippen LogP contribution is 2.37. The van der Waals surface area contributed by atoms with Crippen LogP contribution < -0.4 is 5.32 Å². The van der Waals surface area contributed by atoms with Crippen molar-refractivity contribution >= 4 is 0 Å². The summed E-state index contributed by atoms with van der Waals surface area (Å²) in [5, 5.41) is 3.74. The molecule has 0 heterocycles. The summed E-state index contributed by atoms with van der Waals surface area (Å²) in [6, 6.07) is 0.680. The Morgan fingerprint density at radius 3 is 2.10 bits per heavy atom. The van der Waals surface area contributed by atoms with E-state index in [1.54, 1.807) is 0 Å². The molecule has 0 radical (unpaired) electrons. The van der Waals surface area contributed by atoms with Gasteiger partial charge in [-0.1, -0.05) is 47.0 Å². The van der Waals surface area contributed by atoms with Crippen LogP contribution in [0.3, 0.4) is 0 Å². The minimum absolute atomic E-state index is 0.519. The quantitative estimate of drug-likeness (QED) is 0.719. The first-order valence-electron chi connectivity index (χ1n) is 8.77. The summed E-state index contributed by atoms with van der Waals surface area (Å²) in [7, 11) is 2.32. The number of nitrogens with zero attached hydrogens (tertiary/aromatic N) is 1. The van der Waals surface area contributed by atoms with Gasteiger partial charge in [-0.2, -0.15) is 0 Å². The highest BCUT2D eigenvalue weighted by atomic mass is 15.1. The third-order valence-corrected chi connectivity index (χ3v) is 5.21. The Morgan fingerprint density at radius 2 is 1.60 bits per heavy atom. The molecule has 0 aromatic rings. The van der Waals surface area contributed by atoms with Crippen molar-refractivity contribution in [2.24, 2.45) is 17.3 Å². The second-order valence-electron chi connectivity index (χ2n) is 7.99. The molecule has 0 bridgehead atoms. The molecule has 1 N–H and O–H groups in total. The van der Waals surface area contributed by atoms with E-state index < -0.39 is 0 Å². The molecule has 1 fully saturated rings. The smallest absolute Gasteiger partial charge is 0.00871 e. The van der Waals surface area contributed by atoms with Crippen molar-refractivity contribution in [2.45, 2.75) is 72.8 Å². The van der Waals surface area contributed by atoms with Crippen LogP contribution in [0.1, 0.15) is 66.7 Å². The second-order valence-corrected chi connectivity index (χ2v) is 7.99. The van der Waals surface area contributed by atoms with Crippen molar-refractivity contribution in [3.63, 3.8) is 0 Å². The fraction of sp³-hybridized carbons (Fsp3) is 1.00. The lowest BCUT2D eigenvalue weighted by Crippen LogP contribution is -2.48. The monoisotopic (exact) mass is 282 g/mol. The first kappa shape index (κ1) is 18.0. The molecule has 1 rings (SSSR count). The van der Waals surface area contributed by atoms with E-state index in [2.05, 4.69) is 51.9 Å². The summed E-state index contributed by atoms with van der Waals surface area (Å²) in [6.07, 6.45) is 7.11. The van der Waals surface area contributed by atoms with Crippen LogP contribution in [0.15, 0.2) is 0 Å². The molecule has 0 saturated heterocycles. The molecule has 0 spiro atoms. The average Bonchev–Trinajstić information content (AvgIpc) is 2.38. The van der Waals surface area contributed by atoms with Gasteiger partial charge in [0.05, 0.1) is 0 Å². The van der Waals surface area contributed by atoms with Crippen molar-refractivity contribution < 1.29 is 0 Å². The predicted molar refractivity (Wildman–Crippen MR) is 90.2 cm³/mol. The molecule has 0 amide bonds. The first-order chi connectivity index (χ1) is 9.36. The topological polar surface area (TPSA) is 15.3 Å². The zero-order valence-corrected chi connectivity index (χ0v) is 14.8. The van der Waals surface area contributed by atoms with Crippen LogP contribution in [0.2, 0.25) is 0 Å². The van der Waals surface area contributed by atoms with Gasteiger partial charge in [0.25, 0.3) is 0 Å². The predicted octanol–water partition coefficient (Wildman–Crippen LogP) is 4.16. The largest absolute Gasteiger partial charge is 0.316 e. The average molecular weight is 283 g/mol. The Balaban J connectivity index is 2.58.